The summed E-state index contributed by atoms with van der Waals surface area (Å²) in [6, 6.07) is 3.77. The van der Waals surface area contributed by atoms with Crippen LogP contribution in [0.15, 0.2) is 18.3 Å². The van der Waals surface area contributed by atoms with Crippen LogP contribution in [0, 0.1) is 0 Å². The zero-order valence-corrected chi connectivity index (χ0v) is 13.0. The van der Waals surface area contributed by atoms with E-state index in [1.165, 1.54) is 0 Å². The van der Waals surface area contributed by atoms with Gasteiger partial charge < -0.3 is 4.74 Å². The van der Waals surface area contributed by atoms with Crippen LogP contribution in [0.5, 0.6) is 0 Å². The Morgan fingerprint density at radius 1 is 1.55 bits per heavy atom. The smallest absolute Gasteiger partial charge is 0.151 e. The maximum atomic E-state index is 11.6. The third-order valence-electron chi connectivity index (χ3n) is 3.48. The summed E-state index contributed by atoms with van der Waals surface area (Å²) in [5.41, 5.74) is 1.03. The molecule has 112 valence electrons. The van der Waals surface area contributed by atoms with E-state index in [0.29, 0.717) is 31.3 Å². The van der Waals surface area contributed by atoms with E-state index in [-0.39, 0.29) is 17.5 Å². The number of nitrogens with zero attached hydrogens (tertiary/aromatic N) is 2. The van der Waals surface area contributed by atoms with Crippen molar-refractivity contribution >= 4 is 21.4 Å². The van der Waals surface area contributed by atoms with Crippen LogP contribution >= 0.6 is 11.6 Å². The number of aromatic nitrogens is 1. The Bertz CT molecular complexity index is 550. The molecule has 5 nitrogen and oxygen atoms in total. The molecule has 20 heavy (non-hydrogen) atoms. The third kappa shape index (κ3) is 4.41. The Labute approximate surface area is 124 Å². The van der Waals surface area contributed by atoms with E-state index in [9.17, 15) is 8.42 Å². The Hall–Kier alpha value is -0.690. The number of ether oxygens (including phenoxy) is 1. The van der Waals surface area contributed by atoms with Gasteiger partial charge in [-0.1, -0.05) is 11.6 Å². The summed E-state index contributed by atoms with van der Waals surface area (Å²) >= 11 is 5.89. The molecule has 1 saturated heterocycles. The van der Waals surface area contributed by atoms with Gasteiger partial charge in [0, 0.05) is 32.4 Å². The molecule has 0 saturated carbocycles. The maximum Gasteiger partial charge on any atom is 0.151 e. The zero-order valence-electron chi connectivity index (χ0n) is 11.5. The van der Waals surface area contributed by atoms with E-state index in [2.05, 4.69) is 9.88 Å². The van der Waals surface area contributed by atoms with E-state index < -0.39 is 9.84 Å². The second-order valence-corrected chi connectivity index (χ2v) is 7.62. The van der Waals surface area contributed by atoms with Crippen molar-refractivity contribution in [3.05, 3.63) is 29.0 Å². The van der Waals surface area contributed by atoms with Gasteiger partial charge in [-0.2, -0.15) is 0 Å². The number of methoxy groups -OCH3 is 1. The van der Waals surface area contributed by atoms with Crippen molar-refractivity contribution in [3.8, 4) is 0 Å². The van der Waals surface area contributed by atoms with Crippen molar-refractivity contribution in [1.29, 1.82) is 0 Å². The van der Waals surface area contributed by atoms with E-state index in [1.807, 2.05) is 12.1 Å². The topological polar surface area (TPSA) is 59.5 Å². The van der Waals surface area contributed by atoms with Crippen LogP contribution in [0.1, 0.15) is 12.0 Å². The molecule has 0 unspecified atom stereocenters. The minimum Gasteiger partial charge on any atom is -0.383 e. The lowest BCUT2D eigenvalue weighted by molar-refractivity contribution is 0.121. The minimum absolute atomic E-state index is 0.0575. The molecular formula is C13H19ClN2O3S. The van der Waals surface area contributed by atoms with Crippen LogP contribution in [0.25, 0.3) is 0 Å². The molecule has 0 aliphatic carbocycles. The highest BCUT2D eigenvalue weighted by atomic mass is 35.5. The van der Waals surface area contributed by atoms with Crippen molar-refractivity contribution in [2.24, 2.45) is 0 Å². The monoisotopic (exact) mass is 318 g/mol. The van der Waals surface area contributed by atoms with Gasteiger partial charge in [-0.15, -0.1) is 0 Å². The van der Waals surface area contributed by atoms with Crippen LogP contribution in [-0.2, 0) is 21.1 Å². The second kappa shape index (κ2) is 6.85. The van der Waals surface area contributed by atoms with Crippen LogP contribution in [0.2, 0.25) is 5.15 Å². The highest BCUT2D eigenvalue weighted by molar-refractivity contribution is 7.91. The van der Waals surface area contributed by atoms with Crippen molar-refractivity contribution in [1.82, 2.24) is 9.88 Å². The van der Waals surface area contributed by atoms with E-state index in [4.69, 9.17) is 16.3 Å². The number of halogens is 1. The maximum absolute atomic E-state index is 11.6. The van der Waals surface area contributed by atoms with Gasteiger partial charge in [0.1, 0.15) is 5.15 Å². The lowest BCUT2D eigenvalue weighted by atomic mass is 10.2. The molecule has 0 spiro atoms. The number of hydrogen-bond acceptors (Lipinski definition) is 5. The van der Waals surface area contributed by atoms with Crippen LogP contribution in [0.3, 0.4) is 0 Å². The quantitative estimate of drug-likeness (QED) is 0.741. The first-order valence-corrected chi connectivity index (χ1v) is 8.74. The Kier molecular flexibility index (Phi) is 5.37. The molecular weight excluding hydrogens is 300 g/mol. The summed E-state index contributed by atoms with van der Waals surface area (Å²) in [6.45, 7) is 1.94. The average molecular weight is 319 g/mol. The van der Waals surface area contributed by atoms with Crippen molar-refractivity contribution < 1.29 is 13.2 Å². The number of pyridine rings is 1. The third-order valence-corrected chi connectivity index (χ3v) is 5.44. The molecule has 0 bridgehead atoms. The molecule has 1 aromatic heterocycles. The molecule has 7 heteroatoms. The lowest BCUT2D eigenvalue weighted by Crippen LogP contribution is -2.38. The summed E-state index contributed by atoms with van der Waals surface area (Å²) in [6.07, 6.45) is 2.35. The molecule has 2 heterocycles. The summed E-state index contributed by atoms with van der Waals surface area (Å²) in [5.74, 6) is 0.508. The average Bonchev–Trinajstić information content (AvgIpc) is 2.75. The highest BCUT2D eigenvalue weighted by Gasteiger charge is 2.32. The molecule has 1 fully saturated rings. The van der Waals surface area contributed by atoms with E-state index in [0.717, 1.165) is 5.56 Å². The molecule has 1 aliphatic rings. The summed E-state index contributed by atoms with van der Waals surface area (Å²) in [7, 11) is -1.24. The number of rotatable bonds is 6. The summed E-state index contributed by atoms with van der Waals surface area (Å²) in [4.78, 5) is 6.11. The first-order chi connectivity index (χ1) is 9.50. The Morgan fingerprint density at radius 3 is 2.95 bits per heavy atom. The molecule has 2 rings (SSSR count). The number of hydrogen-bond donors (Lipinski definition) is 0. The van der Waals surface area contributed by atoms with Gasteiger partial charge in [0.05, 0.1) is 18.1 Å². The predicted molar refractivity (Wildman–Crippen MR) is 78.6 cm³/mol. The van der Waals surface area contributed by atoms with Crippen LogP contribution < -0.4 is 0 Å². The SMILES string of the molecule is COCCN(Cc1ccnc(Cl)c1)[C@H]1CCS(=O)(=O)C1. The van der Waals surface area contributed by atoms with Gasteiger partial charge in [0.2, 0.25) is 0 Å². The summed E-state index contributed by atoms with van der Waals surface area (Å²) < 4.78 is 28.4. The molecule has 0 radical (unpaired) electrons. The minimum atomic E-state index is -2.89. The standard InChI is InChI=1S/C13H19ClN2O3S/c1-19-6-5-16(12-3-7-20(17,18)10-12)9-11-2-4-15-13(14)8-11/h2,4,8,12H,3,5-7,9-10H2,1H3/t12-/m0/s1. The molecule has 1 aromatic rings. The van der Waals surface area contributed by atoms with E-state index in [1.54, 1.807) is 13.3 Å². The fraction of sp³-hybridized carbons (Fsp3) is 0.615. The Morgan fingerprint density at radius 2 is 2.35 bits per heavy atom. The number of sulfone groups is 1. The molecule has 0 N–H and O–H groups in total. The van der Waals surface area contributed by atoms with Gasteiger partial charge in [-0.25, -0.2) is 13.4 Å². The van der Waals surface area contributed by atoms with Gasteiger partial charge in [-0.05, 0) is 24.1 Å². The lowest BCUT2D eigenvalue weighted by Gasteiger charge is -2.27. The fourth-order valence-corrected chi connectivity index (χ4v) is 4.40. The largest absolute Gasteiger partial charge is 0.383 e. The first kappa shape index (κ1) is 15.7. The Balaban J connectivity index is 2.07. The predicted octanol–water partition coefficient (Wildman–Crippen LogP) is 1.37. The van der Waals surface area contributed by atoms with Gasteiger partial charge in [0.15, 0.2) is 9.84 Å². The van der Waals surface area contributed by atoms with Gasteiger partial charge in [-0.3, -0.25) is 4.90 Å². The fourth-order valence-electron chi connectivity index (χ4n) is 2.44. The molecule has 0 amide bonds. The molecule has 1 atom stereocenters. The first-order valence-electron chi connectivity index (χ1n) is 6.54. The highest BCUT2D eigenvalue weighted by Crippen LogP contribution is 2.20. The van der Waals surface area contributed by atoms with Crippen molar-refractivity contribution in [2.75, 3.05) is 31.8 Å². The van der Waals surface area contributed by atoms with Crippen LogP contribution in [-0.4, -0.2) is 56.1 Å². The van der Waals surface area contributed by atoms with E-state index >= 15 is 0 Å². The van der Waals surface area contributed by atoms with Crippen molar-refractivity contribution in [3.63, 3.8) is 0 Å². The summed E-state index contributed by atoms with van der Waals surface area (Å²) in [5, 5.41) is 0.452. The zero-order chi connectivity index (χ0) is 14.6. The van der Waals surface area contributed by atoms with Crippen LogP contribution in [0.4, 0.5) is 0 Å². The second-order valence-electron chi connectivity index (χ2n) is 5.01. The molecule has 1 aliphatic heterocycles. The van der Waals surface area contributed by atoms with Gasteiger partial charge >= 0.3 is 0 Å². The molecule has 0 aromatic carbocycles. The normalized spacial score (nSPS) is 21.4. The van der Waals surface area contributed by atoms with Gasteiger partial charge in [0.25, 0.3) is 0 Å². The van der Waals surface area contributed by atoms with Crippen molar-refractivity contribution in [2.45, 2.75) is 19.0 Å².